The first-order valence-corrected chi connectivity index (χ1v) is 6.65. The van der Waals surface area contributed by atoms with Crippen LogP contribution in [0.2, 0.25) is 0 Å². The summed E-state index contributed by atoms with van der Waals surface area (Å²) in [6.45, 7) is 0. The van der Waals surface area contributed by atoms with Gasteiger partial charge in [0.2, 0.25) is 0 Å². The van der Waals surface area contributed by atoms with E-state index in [-0.39, 0.29) is 0 Å². The molecule has 1 N–H and O–H groups in total. The maximum absolute atomic E-state index is 10.9. The molecule has 100 valence electrons. The summed E-state index contributed by atoms with van der Waals surface area (Å²) in [4.78, 5) is 0. The van der Waals surface area contributed by atoms with Gasteiger partial charge in [0.1, 0.15) is 0 Å². The molecule has 0 saturated heterocycles. The maximum Gasteiger partial charge on any atom is 0.166 e. The molecule has 1 aliphatic carbocycles. The van der Waals surface area contributed by atoms with Crippen LogP contribution in [-0.2, 0) is 5.60 Å². The highest BCUT2D eigenvalue weighted by atomic mass is 16.5. The Morgan fingerprint density at radius 3 is 2.22 bits per heavy atom. The van der Waals surface area contributed by atoms with E-state index in [1.165, 1.54) is 12.8 Å². The quantitative estimate of drug-likeness (QED) is 0.837. The average molecular weight is 250 g/mol. The van der Waals surface area contributed by atoms with Crippen LogP contribution in [0.4, 0.5) is 0 Å². The van der Waals surface area contributed by atoms with Crippen molar-refractivity contribution in [2.24, 2.45) is 0 Å². The number of benzene rings is 1. The predicted octanol–water partition coefficient (Wildman–Crippen LogP) is 3.25. The SMILES string of the molecule is COc1cccc(C2(O)CCCCCC2)c1OC. The topological polar surface area (TPSA) is 38.7 Å². The zero-order valence-electron chi connectivity index (χ0n) is 11.2. The van der Waals surface area contributed by atoms with Gasteiger partial charge in [0.15, 0.2) is 11.5 Å². The first-order chi connectivity index (χ1) is 8.71. The molecule has 0 bridgehead atoms. The molecule has 0 spiro atoms. The van der Waals surface area contributed by atoms with Crippen LogP contribution in [0.25, 0.3) is 0 Å². The summed E-state index contributed by atoms with van der Waals surface area (Å²) in [5.74, 6) is 1.36. The zero-order valence-corrected chi connectivity index (χ0v) is 11.2. The molecule has 0 amide bonds. The number of aliphatic hydroxyl groups is 1. The van der Waals surface area contributed by atoms with Gasteiger partial charge < -0.3 is 14.6 Å². The van der Waals surface area contributed by atoms with Gasteiger partial charge in [-0.25, -0.2) is 0 Å². The molecule has 2 rings (SSSR count). The molecule has 0 unspecified atom stereocenters. The molecule has 1 fully saturated rings. The molecular formula is C15H22O3. The molecule has 0 aliphatic heterocycles. The highest BCUT2D eigenvalue weighted by Crippen LogP contribution is 2.43. The fraction of sp³-hybridized carbons (Fsp3) is 0.600. The standard InChI is InChI=1S/C15H22O3/c1-17-13-9-7-8-12(14(13)18-2)15(16)10-5-3-4-6-11-15/h7-9,16H,3-6,10-11H2,1-2H3. The molecule has 1 aliphatic rings. The van der Waals surface area contributed by atoms with E-state index in [0.717, 1.165) is 31.2 Å². The van der Waals surface area contributed by atoms with Crippen LogP contribution in [-0.4, -0.2) is 19.3 Å². The fourth-order valence-electron chi connectivity index (χ4n) is 2.84. The second kappa shape index (κ2) is 5.61. The van der Waals surface area contributed by atoms with Crippen molar-refractivity contribution in [1.82, 2.24) is 0 Å². The summed E-state index contributed by atoms with van der Waals surface area (Å²) in [5.41, 5.74) is 0.0994. The summed E-state index contributed by atoms with van der Waals surface area (Å²) in [5, 5.41) is 10.9. The minimum absolute atomic E-state index is 0.671. The van der Waals surface area contributed by atoms with Gasteiger partial charge in [-0.15, -0.1) is 0 Å². The van der Waals surface area contributed by atoms with Gasteiger partial charge in [-0.05, 0) is 18.9 Å². The molecule has 1 saturated carbocycles. The molecular weight excluding hydrogens is 228 g/mol. The fourth-order valence-corrected chi connectivity index (χ4v) is 2.84. The van der Waals surface area contributed by atoms with Crippen molar-refractivity contribution >= 4 is 0 Å². The van der Waals surface area contributed by atoms with Crippen molar-refractivity contribution in [3.63, 3.8) is 0 Å². The van der Waals surface area contributed by atoms with Crippen LogP contribution in [0.15, 0.2) is 18.2 Å². The third-order valence-corrected chi connectivity index (χ3v) is 3.84. The second-order valence-corrected chi connectivity index (χ2v) is 4.99. The van der Waals surface area contributed by atoms with Crippen LogP contribution in [0.1, 0.15) is 44.1 Å². The number of hydrogen-bond acceptors (Lipinski definition) is 3. The molecule has 3 heteroatoms. The van der Waals surface area contributed by atoms with Crippen molar-refractivity contribution in [3.05, 3.63) is 23.8 Å². The maximum atomic E-state index is 10.9. The van der Waals surface area contributed by atoms with Gasteiger partial charge in [0.25, 0.3) is 0 Å². The van der Waals surface area contributed by atoms with E-state index in [1.54, 1.807) is 14.2 Å². The molecule has 18 heavy (non-hydrogen) atoms. The second-order valence-electron chi connectivity index (χ2n) is 4.99. The monoisotopic (exact) mass is 250 g/mol. The van der Waals surface area contributed by atoms with Crippen molar-refractivity contribution in [2.45, 2.75) is 44.1 Å². The third kappa shape index (κ3) is 2.46. The van der Waals surface area contributed by atoms with Crippen molar-refractivity contribution in [1.29, 1.82) is 0 Å². The highest BCUT2D eigenvalue weighted by Gasteiger charge is 2.33. The lowest BCUT2D eigenvalue weighted by atomic mass is 9.86. The van der Waals surface area contributed by atoms with Crippen molar-refractivity contribution in [2.75, 3.05) is 14.2 Å². The van der Waals surface area contributed by atoms with E-state index in [0.29, 0.717) is 11.5 Å². The van der Waals surface area contributed by atoms with E-state index in [2.05, 4.69) is 0 Å². The lowest BCUT2D eigenvalue weighted by Crippen LogP contribution is -2.25. The smallest absolute Gasteiger partial charge is 0.166 e. The zero-order chi connectivity index (χ0) is 13.0. The van der Waals surface area contributed by atoms with E-state index < -0.39 is 5.60 Å². The van der Waals surface area contributed by atoms with Crippen LogP contribution in [0.5, 0.6) is 11.5 Å². The van der Waals surface area contributed by atoms with Crippen LogP contribution < -0.4 is 9.47 Å². The lowest BCUT2D eigenvalue weighted by Gasteiger charge is -2.29. The molecule has 0 radical (unpaired) electrons. The van der Waals surface area contributed by atoms with Crippen molar-refractivity contribution < 1.29 is 14.6 Å². The Labute approximate surface area is 109 Å². The summed E-state index contributed by atoms with van der Waals surface area (Å²) < 4.78 is 10.7. The first-order valence-electron chi connectivity index (χ1n) is 6.65. The Bertz CT molecular complexity index is 393. The van der Waals surface area contributed by atoms with Gasteiger partial charge in [0.05, 0.1) is 19.8 Å². The third-order valence-electron chi connectivity index (χ3n) is 3.84. The Hall–Kier alpha value is -1.22. The highest BCUT2D eigenvalue weighted by molar-refractivity contribution is 5.49. The average Bonchev–Trinajstić information content (AvgIpc) is 2.63. The van der Waals surface area contributed by atoms with Gasteiger partial charge in [0, 0.05) is 5.56 Å². The Morgan fingerprint density at radius 1 is 1.00 bits per heavy atom. The van der Waals surface area contributed by atoms with E-state index >= 15 is 0 Å². The molecule has 3 nitrogen and oxygen atoms in total. The van der Waals surface area contributed by atoms with Gasteiger partial charge in [-0.2, -0.15) is 0 Å². The molecule has 0 aromatic heterocycles. The predicted molar refractivity (Wildman–Crippen MR) is 71.1 cm³/mol. The number of methoxy groups -OCH3 is 2. The summed E-state index contributed by atoms with van der Waals surface area (Å²) in [7, 11) is 3.25. The largest absolute Gasteiger partial charge is 0.493 e. The van der Waals surface area contributed by atoms with Crippen molar-refractivity contribution in [3.8, 4) is 11.5 Å². The summed E-state index contributed by atoms with van der Waals surface area (Å²) in [6.07, 6.45) is 6.14. The molecule has 1 aromatic carbocycles. The first kappa shape index (κ1) is 13.2. The minimum atomic E-state index is -0.767. The van der Waals surface area contributed by atoms with E-state index in [9.17, 15) is 5.11 Å². The minimum Gasteiger partial charge on any atom is -0.493 e. The van der Waals surface area contributed by atoms with Gasteiger partial charge in [-0.3, -0.25) is 0 Å². The summed E-state index contributed by atoms with van der Waals surface area (Å²) in [6, 6.07) is 5.73. The number of hydrogen-bond donors (Lipinski definition) is 1. The molecule has 0 heterocycles. The van der Waals surface area contributed by atoms with Crippen LogP contribution >= 0.6 is 0 Å². The summed E-state index contributed by atoms with van der Waals surface area (Å²) >= 11 is 0. The van der Waals surface area contributed by atoms with Gasteiger partial charge in [-0.1, -0.05) is 37.8 Å². The lowest BCUT2D eigenvalue weighted by molar-refractivity contribution is 0.0182. The molecule has 0 atom stereocenters. The Morgan fingerprint density at radius 2 is 1.67 bits per heavy atom. The van der Waals surface area contributed by atoms with E-state index in [4.69, 9.17) is 9.47 Å². The van der Waals surface area contributed by atoms with E-state index in [1.807, 2.05) is 18.2 Å². The Balaban J connectivity index is 2.41. The Kier molecular flexibility index (Phi) is 4.12. The number of ether oxygens (including phenoxy) is 2. The van der Waals surface area contributed by atoms with Gasteiger partial charge >= 0.3 is 0 Å². The molecule has 1 aromatic rings. The van der Waals surface area contributed by atoms with Crippen LogP contribution in [0.3, 0.4) is 0 Å². The van der Waals surface area contributed by atoms with Crippen LogP contribution in [0, 0.1) is 0 Å². The normalized spacial score (nSPS) is 19.1. The number of para-hydroxylation sites is 1. The number of rotatable bonds is 3.